The molecule has 0 saturated carbocycles. The molecule has 1 amide bonds. The van der Waals surface area contributed by atoms with Crippen LogP contribution in [-0.2, 0) is 9.47 Å². The molecule has 1 unspecified atom stereocenters. The Hall–Kier alpha value is -0.620. The highest BCUT2D eigenvalue weighted by atomic mass is 35.5. The van der Waals surface area contributed by atoms with Gasteiger partial charge >= 0.3 is 0 Å². The van der Waals surface area contributed by atoms with E-state index in [1.165, 1.54) is 11.3 Å². The summed E-state index contributed by atoms with van der Waals surface area (Å²) in [5, 5.41) is 2.79. The van der Waals surface area contributed by atoms with Crippen LogP contribution in [0, 0.1) is 0 Å². The molecule has 0 radical (unpaired) electrons. The van der Waals surface area contributed by atoms with Gasteiger partial charge in [0.1, 0.15) is 0 Å². The molecule has 1 aromatic heterocycles. The molecule has 1 saturated heterocycles. The van der Waals surface area contributed by atoms with Gasteiger partial charge in [-0.3, -0.25) is 4.79 Å². The molecule has 1 aromatic rings. The smallest absolute Gasteiger partial charge is 0.261 e. The standard InChI is InChI=1S/C10H12ClNO3S/c11-9-2-1-8(16-9)10(13)12-5-7-6-14-3-4-15-7/h1-2,7H,3-6H2,(H,12,13). The van der Waals surface area contributed by atoms with Crippen molar-refractivity contribution in [2.45, 2.75) is 6.10 Å². The normalized spacial score (nSPS) is 20.7. The molecule has 1 N–H and O–H groups in total. The lowest BCUT2D eigenvalue weighted by Crippen LogP contribution is -2.39. The van der Waals surface area contributed by atoms with E-state index < -0.39 is 0 Å². The number of carbonyl (C=O) groups is 1. The Balaban J connectivity index is 1.79. The summed E-state index contributed by atoms with van der Waals surface area (Å²) in [5.74, 6) is -0.119. The van der Waals surface area contributed by atoms with Gasteiger partial charge in [0.2, 0.25) is 0 Å². The van der Waals surface area contributed by atoms with Crippen molar-refractivity contribution in [3.63, 3.8) is 0 Å². The van der Waals surface area contributed by atoms with Crippen molar-refractivity contribution in [3.05, 3.63) is 21.3 Å². The van der Waals surface area contributed by atoms with Crippen molar-refractivity contribution in [3.8, 4) is 0 Å². The Morgan fingerprint density at radius 1 is 1.56 bits per heavy atom. The van der Waals surface area contributed by atoms with Crippen molar-refractivity contribution < 1.29 is 14.3 Å². The van der Waals surface area contributed by atoms with Gasteiger partial charge < -0.3 is 14.8 Å². The largest absolute Gasteiger partial charge is 0.376 e. The summed E-state index contributed by atoms with van der Waals surface area (Å²) in [5.41, 5.74) is 0. The Morgan fingerprint density at radius 3 is 3.06 bits per heavy atom. The number of rotatable bonds is 3. The highest BCUT2D eigenvalue weighted by Gasteiger charge is 2.16. The number of nitrogens with one attached hydrogen (secondary N) is 1. The van der Waals surface area contributed by atoms with Crippen LogP contribution in [-0.4, -0.2) is 38.4 Å². The molecule has 16 heavy (non-hydrogen) atoms. The predicted octanol–water partition coefficient (Wildman–Crippen LogP) is 1.55. The molecular formula is C10H12ClNO3S. The zero-order chi connectivity index (χ0) is 11.4. The zero-order valence-corrected chi connectivity index (χ0v) is 10.1. The molecule has 0 aliphatic carbocycles. The van der Waals surface area contributed by atoms with E-state index in [4.69, 9.17) is 21.1 Å². The highest BCUT2D eigenvalue weighted by molar-refractivity contribution is 7.17. The van der Waals surface area contributed by atoms with E-state index >= 15 is 0 Å². The van der Waals surface area contributed by atoms with E-state index in [0.717, 1.165) is 0 Å². The average Bonchev–Trinajstić information content (AvgIpc) is 2.74. The fourth-order valence-corrected chi connectivity index (χ4v) is 2.34. The number of thiophene rings is 1. The number of ether oxygens (including phenoxy) is 2. The fourth-order valence-electron chi connectivity index (χ4n) is 1.38. The summed E-state index contributed by atoms with van der Waals surface area (Å²) < 4.78 is 11.2. The Labute approximate surface area is 102 Å². The number of hydrogen-bond acceptors (Lipinski definition) is 4. The minimum Gasteiger partial charge on any atom is -0.376 e. The molecule has 1 fully saturated rings. The minimum atomic E-state index is -0.119. The van der Waals surface area contributed by atoms with Crippen molar-refractivity contribution in [2.75, 3.05) is 26.4 Å². The van der Waals surface area contributed by atoms with E-state index in [-0.39, 0.29) is 12.0 Å². The van der Waals surface area contributed by atoms with Crippen LogP contribution in [0.25, 0.3) is 0 Å². The maximum absolute atomic E-state index is 11.6. The van der Waals surface area contributed by atoms with Gasteiger partial charge in [-0.1, -0.05) is 11.6 Å². The number of amides is 1. The first kappa shape index (κ1) is 11.9. The molecular weight excluding hydrogens is 250 g/mol. The van der Waals surface area contributed by atoms with Crippen LogP contribution >= 0.6 is 22.9 Å². The van der Waals surface area contributed by atoms with Crippen LogP contribution < -0.4 is 5.32 Å². The number of carbonyl (C=O) groups excluding carboxylic acids is 1. The summed E-state index contributed by atoms with van der Waals surface area (Å²) in [6.45, 7) is 2.22. The van der Waals surface area contributed by atoms with Crippen molar-refractivity contribution in [2.24, 2.45) is 0 Å². The van der Waals surface area contributed by atoms with Crippen molar-refractivity contribution in [1.29, 1.82) is 0 Å². The maximum Gasteiger partial charge on any atom is 0.261 e. The lowest BCUT2D eigenvalue weighted by atomic mass is 10.3. The van der Waals surface area contributed by atoms with E-state index in [9.17, 15) is 4.79 Å². The van der Waals surface area contributed by atoms with Gasteiger partial charge in [-0.05, 0) is 12.1 Å². The highest BCUT2D eigenvalue weighted by Crippen LogP contribution is 2.21. The van der Waals surface area contributed by atoms with Gasteiger partial charge in [-0.15, -0.1) is 11.3 Å². The third-order valence-corrected chi connectivity index (χ3v) is 3.40. The van der Waals surface area contributed by atoms with Gasteiger partial charge in [0.15, 0.2) is 0 Å². The topological polar surface area (TPSA) is 47.6 Å². The Bertz CT molecular complexity index is 363. The Morgan fingerprint density at radius 2 is 2.44 bits per heavy atom. The third kappa shape index (κ3) is 3.18. The van der Waals surface area contributed by atoms with Gasteiger partial charge in [0.25, 0.3) is 5.91 Å². The van der Waals surface area contributed by atoms with Crippen LogP contribution in [0.2, 0.25) is 4.34 Å². The quantitative estimate of drug-likeness (QED) is 0.898. The molecule has 1 aliphatic heterocycles. The second-order valence-corrected chi connectivity index (χ2v) is 5.10. The summed E-state index contributed by atoms with van der Waals surface area (Å²) in [4.78, 5) is 12.3. The van der Waals surface area contributed by atoms with Crippen molar-refractivity contribution in [1.82, 2.24) is 5.32 Å². The second kappa shape index (κ2) is 5.63. The monoisotopic (exact) mass is 261 g/mol. The van der Waals surface area contributed by atoms with E-state index in [2.05, 4.69) is 5.32 Å². The lowest BCUT2D eigenvalue weighted by Gasteiger charge is -2.22. The Kier molecular flexibility index (Phi) is 4.17. The van der Waals surface area contributed by atoms with Crippen LogP contribution in [0.4, 0.5) is 0 Å². The van der Waals surface area contributed by atoms with Crippen LogP contribution in [0.1, 0.15) is 9.67 Å². The SMILES string of the molecule is O=C(NCC1COCCO1)c1ccc(Cl)s1. The molecule has 2 rings (SSSR count). The lowest BCUT2D eigenvalue weighted by molar-refractivity contribution is -0.0855. The second-order valence-electron chi connectivity index (χ2n) is 3.38. The fraction of sp³-hybridized carbons (Fsp3) is 0.500. The average molecular weight is 262 g/mol. The minimum absolute atomic E-state index is 0.0480. The predicted molar refractivity (Wildman–Crippen MR) is 62.2 cm³/mol. The first-order chi connectivity index (χ1) is 7.75. The molecule has 88 valence electrons. The molecule has 0 aromatic carbocycles. The number of halogens is 1. The molecule has 4 nitrogen and oxygen atoms in total. The molecule has 1 aliphatic rings. The zero-order valence-electron chi connectivity index (χ0n) is 8.57. The van der Waals surface area contributed by atoms with Gasteiger partial charge in [-0.2, -0.15) is 0 Å². The maximum atomic E-state index is 11.6. The van der Waals surface area contributed by atoms with Crippen LogP contribution in [0.3, 0.4) is 0 Å². The molecule has 0 spiro atoms. The number of hydrogen-bond donors (Lipinski definition) is 1. The van der Waals surface area contributed by atoms with Gasteiger partial charge in [0.05, 0.1) is 35.1 Å². The summed E-state index contributed by atoms with van der Waals surface area (Å²) in [6.07, 6.45) is -0.0480. The third-order valence-electron chi connectivity index (χ3n) is 2.17. The van der Waals surface area contributed by atoms with E-state index in [0.29, 0.717) is 35.6 Å². The summed E-state index contributed by atoms with van der Waals surface area (Å²) in [7, 11) is 0. The van der Waals surface area contributed by atoms with Gasteiger partial charge in [-0.25, -0.2) is 0 Å². The first-order valence-electron chi connectivity index (χ1n) is 4.98. The summed E-state index contributed by atoms with van der Waals surface area (Å²) >= 11 is 7.01. The molecule has 2 heterocycles. The molecule has 0 bridgehead atoms. The van der Waals surface area contributed by atoms with Crippen molar-refractivity contribution >= 4 is 28.8 Å². The summed E-state index contributed by atoms with van der Waals surface area (Å²) in [6, 6.07) is 3.42. The van der Waals surface area contributed by atoms with E-state index in [1.807, 2.05) is 0 Å². The van der Waals surface area contributed by atoms with Crippen LogP contribution in [0.5, 0.6) is 0 Å². The first-order valence-corrected chi connectivity index (χ1v) is 6.18. The molecule has 1 atom stereocenters. The molecule has 6 heteroatoms. The van der Waals surface area contributed by atoms with Gasteiger partial charge in [0, 0.05) is 6.54 Å². The van der Waals surface area contributed by atoms with E-state index in [1.54, 1.807) is 12.1 Å². The van der Waals surface area contributed by atoms with Crippen LogP contribution in [0.15, 0.2) is 12.1 Å².